The average molecular weight is 306 g/mol. The molecule has 0 aliphatic heterocycles. The van der Waals surface area contributed by atoms with E-state index in [2.05, 4.69) is 20.8 Å². The van der Waals surface area contributed by atoms with Crippen molar-refractivity contribution in [3.63, 3.8) is 0 Å². The largest absolute Gasteiger partial charge is 0.463 e. The van der Waals surface area contributed by atoms with Gasteiger partial charge in [0.1, 0.15) is 0 Å². The van der Waals surface area contributed by atoms with E-state index in [0.29, 0.717) is 24.5 Å². The summed E-state index contributed by atoms with van der Waals surface area (Å²) in [7, 11) is 0. The molecule has 0 bridgehead atoms. The SMILES string of the molecule is CCCCCC(O)(C(=O)OCCCC(C)C)c1ccccc1. The Labute approximate surface area is 134 Å². The van der Waals surface area contributed by atoms with E-state index < -0.39 is 11.6 Å². The van der Waals surface area contributed by atoms with Crippen LogP contribution in [0, 0.1) is 5.92 Å². The minimum Gasteiger partial charge on any atom is -0.463 e. The molecule has 0 saturated heterocycles. The highest BCUT2D eigenvalue weighted by molar-refractivity contribution is 5.81. The van der Waals surface area contributed by atoms with E-state index in [1.807, 2.05) is 18.2 Å². The first-order chi connectivity index (χ1) is 10.5. The fourth-order valence-electron chi connectivity index (χ4n) is 2.48. The monoisotopic (exact) mass is 306 g/mol. The van der Waals surface area contributed by atoms with Crippen molar-refractivity contribution in [3.05, 3.63) is 35.9 Å². The summed E-state index contributed by atoms with van der Waals surface area (Å²) in [5.74, 6) is 0.0785. The molecule has 1 atom stereocenters. The van der Waals surface area contributed by atoms with Crippen LogP contribution < -0.4 is 0 Å². The first kappa shape index (κ1) is 18.7. The third kappa shape index (κ3) is 5.80. The maximum absolute atomic E-state index is 12.4. The van der Waals surface area contributed by atoms with E-state index in [9.17, 15) is 9.90 Å². The van der Waals surface area contributed by atoms with Crippen LogP contribution in [-0.2, 0) is 15.1 Å². The molecule has 3 heteroatoms. The molecule has 22 heavy (non-hydrogen) atoms. The zero-order valence-electron chi connectivity index (χ0n) is 14.2. The van der Waals surface area contributed by atoms with Crippen molar-refractivity contribution in [1.82, 2.24) is 0 Å². The van der Waals surface area contributed by atoms with Gasteiger partial charge in [0, 0.05) is 0 Å². The molecule has 0 spiro atoms. The van der Waals surface area contributed by atoms with Crippen molar-refractivity contribution in [1.29, 1.82) is 0 Å². The van der Waals surface area contributed by atoms with Crippen LogP contribution in [-0.4, -0.2) is 17.7 Å². The Morgan fingerprint density at radius 3 is 2.45 bits per heavy atom. The van der Waals surface area contributed by atoms with Gasteiger partial charge in [0.25, 0.3) is 0 Å². The lowest BCUT2D eigenvalue weighted by atomic mass is 9.88. The van der Waals surface area contributed by atoms with Gasteiger partial charge in [-0.1, -0.05) is 63.9 Å². The van der Waals surface area contributed by atoms with Gasteiger partial charge in [0.2, 0.25) is 0 Å². The first-order valence-corrected chi connectivity index (χ1v) is 8.45. The number of carbonyl (C=O) groups is 1. The summed E-state index contributed by atoms with van der Waals surface area (Å²) in [6, 6.07) is 9.14. The molecule has 0 amide bonds. The number of benzene rings is 1. The first-order valence-electron chi connectivity index (χ1n) is 8.45. The summed E-state index contributed by atoms with van der Waals surface area (Å²) in [4.78, 5) is 12.4. The van der Waals surface area contributed by atoms with Crippen molar-refractivity contribution in [2.75, 3.05) is 6.61 Å². The number of esters is 1. The Morgan fingerprint density at radius 2 is 1.86 bits per heavy atom. The van der Waals surface area contributed by atoms with Crippen molar-refractivity contribution in [3.8, 4) is 0 Å². The van der Waals surface area contributed by atoms with Gasteiger partial charge in [0.05, 0.1) is 6.61 Å². The molecule has 1 N–H and O–H groups in total. The fourth-order valence-corrected chi connectivity index (χ4v) is 2.48. The lowest BCUT2D eigenvalue weighted by molar-refractivity contribution is -0.168. The summed E-state index contributed by atoms with van der Waals surface area (Å²) < 4.78 is 5.35. The fraction of sp³-hybridized carbons (Fsp3) is 0.632. The van der Waals surface area contributed by atoms with Gasteiger partial charge < -0.3 is 9.84 Å². The van der Waals surface area contributed by atoms with Crippen LogP contribution in [0.1, 0.15) is 64.9 Å². The zero-order chi connectivity index (χ0) is 16.4. The van der Waals surface area contributed by atoms with E-state index in [1.165, 1.54) is 0 Å². The number of aliphatic hydroxyl groups is 1. The van der Waals surface area contributed by atoms with Gasteiger partial charge in [-0.15, -0.1) is 0 Å². The Kier molecular flexibility index (Phi) is 8.18. The molecule has 0 saturated carbocycles. The zero-order valence-corrected chi connectivity index (χ0v) is 14.2. The summed E-state index contributed by atoms with van der Waals surface area (Å²) in [5, 5.41) is 10.9. The third-order valence-corrected chi connectivity index (χ3v) is 3.89. The molecule has 0 radical (unpaired) electrons. The highest BCUT2D eigenvalue weighted by Crippen LogP contribution is 2.29. The van der Waals surface area contributed by atoms with E-state index in [1.54, 1.807) is 12.1 Å². The minimum atomic E-state index is -1.52. The van der Waals surface area contributed by atoms with Crippen molar-refractivity contribution in [2.45, 2.75) is 64.9 Å². The van der Waals surface area contributed by atoms with Crippen LogP contribution in [0.3, 0.4) is 0 Å². The van der Waals surface area contributed by atoms with Gasteiger partial charge in [0.15, 0.2) is 5.60 Å². The molecule has 1 aromatic rings. The highest BCUT2D eigenvalue weighted by atomic mass is 16.5. The number of rotatable bonds is 10. The number of hydrogen-bond acceptors (Lipinski definition) is 3. The molecule has 0 aromatic heterocycles. The second-order valence-electron chi connectivity index (χ2n) is 6.36. The molecule has 0 heterocycles. The summed E-state index contributed by atoms with van der Waals surface area (Å²) >= 11 is 0. The summed E-state index contributed by atoms with van der Waals surface area (Å²) in [6.45, 7) is 6.77. The van der Waals surface area contributed by atoms with E-state index in [0.717, 1.165) is 32.1 Å². The van der Waals surface area contributed by atoms with Gasteiger partial charge in [-0.3, -0.25) is 0 Å². The van der Waals surface area contributed by atoms with Crippen LogP contribution >= 0.6 is 0 Å². The second-order valence-corrected chi connectivity index (χ2v) is 6.36. The van der Waals surface area contributed by atoms with Crippen LogP contribution in [0.4, 0.5) is 0 Å². The van der Waals surface area contributed by atoms with Crippen molar-refractivity contribution >= 4 is 5.97 Å². The maximum atomic E-state index is 12.4. The molecule has 0 aliphatic rings. The number of unbranched alkanes of at least 4 members (excludes halogenated alkanes) is 2. The number of hydrogen-bond donors (Lipinski definition) is 1. The number of ether oxygens (including phenoxy) is 1. The Morgan fingerprint density at radius 1 is 1.18 bits per heavy atom. The lowest BCUT2D eigenvalue weighted by Gasteiger charge is -2.26. The Balaban J connectivity index is 2.70. The molecule has 1 unspecified atom stereocenters. The van der Waals surface area contributed by atoms with Crippen LogP contribution in [0.25, 0.3) is 0 Å². The van der Waals surface area contributed by atoms with E-state index in [-0.39, 0.29) is 0 Å². The van der Waals surface area contributed by atoms with E-state index in [4.69, 9.17) is 4.74 Å². The Bertz CT molecular complexity index is 428. The predicted molar refractivity (Wildman–Crippen MR) is 89.5 cm³/mol. The predicted octanol–water partition coefficient (Wildman–Crippen LogP) is 4.43. The minimum absolute atomic E-state index is 0.375. The Hall–Kier alpha value is -1.35. The normalized spacial score (nSPS) is 13.9. The van der Waals surface area contributed by atoms with Gasteiger partial charge >= 0.3 is 5.97 Å². The number of carbonyl (C=O) groups excluding carboxylic acids is 1. The maximum Gasteiger partial charge on any atom is 0.342 e. The molecular formula is C19H30O3. The van der Waals surface area contributed by atoms with Gasteiger partial charge in [-0.2, -0.15) is 0 Å². The quantitative estimate of drug-likeness (QED) is 0.513. The molecule has 1 aromatic carbocycles. The standard InChI is InChI=1S/C19H30O3/c1-4-5-9-14-19(21,17-12-7-6-8-13-17)18(20)22-15-10-11-16(2)3/h6-8,12-13,16,21H,4-5,9-11,14-15H2,1-3H3. The highest BCUT2D eigenvalue weighted by Gasteiger charge is 2.38. The molecule has 0 fully saturated rings. The smallest absolute Gasteiger partial charge is 0.342 e. The van der Waals surface area contributed by atoms with Crippen molar-refractivity contribution in [2.24, 2.45) is 5.92 Å². The molecule has 124 valence electrons. The second kappa shape index (κ2) is 9.62. The van der Waals surface area contributed by atoms with E-state index >= 15 is 0 Å². The molecule has 0 aliphatic carbocycles. The molecular weight excluding hydrogens is 276 g/mol. The van der Waals surface area contributed by atoms with Crippen LogP contribution in [0.15, 0.2) is 30.3 Å². The molecule has 3 nitrogen and oxygen atoms in total. The topological polar surface area (TPSA) is 46.5 Å². The van der Waals surface area contributed by atoms with Gasteiger partial charge in [-0.25, -0.2) is 4.79 Å². The van der Waals surface area contributed by atoms with Crippen molar-refractivity contribution < 1.29 is 14.6 Å². The summed E-state index contributed by atoms with van der Waals surface area (Å²) in [6.07, 6.45) is 5.12. The van der Waals surface area contributed by atoms with Crippen LogP contribution in [0.2, 0.25) is 0 Å². The van der Waals surface area contributed by atoms with Gasteiger partial charge in [-0.05, 0) is 37.2 Å². The average Bonchev–Trinajstić information content (AvgIpc) is 2.52. The molecule has 1 rings (SSSR count). The lowest BCUT2D eigenvalue weighted by Crippen LogP contribution is -2.37. The third-order valence-electron chi connectivity index (χ3n) is 3.89. The summed E-state index contributed by atoms with van der Waals surface area (Å²) in [5.41, 5.74) is -0.895. The van der Waals surface area contributed by atoms with Crippen LogP contribution in [0.5, 0.6) is 0 Å².